The normalized spacial score (nSPS) is 7.71. The van der Waals surface area contributed by atoms with E-state index in [4.69, 9.17) is 0 Å². The molecule has 74 valence electrons. The molecule has 3 nitrogen and oxygen atoms in total. The highest BCUT2D eigenvalue weighted by Crippen LogP contribution is 1.92. The van der Waals surface area contributed by atoms with Crippen molar-refractivity contribution >= 4 is 6.08 Å². The van der Waals surface area contributed by atoms with Crippen LogP contribution >= 0.6 is 0 Å². The SMILES string of the molecule is C=Cc1ccc[nH]1.N.c1ccncc1. The zero-order valence-corrected chi connectivity index (χ0v) is 8.06. The second-order valence-electron chi connectivity index (χ2n) is 2.35. The van der Waals surface area contributed by atoms with Gasteiger partial charge in [0.25, 0.3) is 0 Å². The number of aromatic amines is 1. The first-order chi connectivity index (χ1) is 6.43. The van der Waals surface area contributed by atoms with E-state index in [2.05, 4.69) is 16.5 Å². The van der Waals surface area contributed by atoms with E-state index in [-0.39, 0.29) is 6.15 Å². The molecule has 14 heavy (non-hydrogen) atoms. The van der Waals surface area contributed by atoms with E-state index >= 15 is 0 Å². The maximum absolute atomic E-state index is 3.78. The number of aromatic nitrogens is 2. The number of nitrogens with zero attached hydrogens (tertiary/aromatic N) is 1. The molecule has 2 heterocycles. The second kappa shape index (κ2) is 7.76. The van der Waals surface area contributed by atoms with E-state index in [1.807, 2.05) is 36.5 Å². The molecular weight excluding hydrogens is 174 g/mol. The Morgan fingerprint density at radius 1 is 1.14 bits per heavy atom. The van der Waals surface area contributed by atoms with Crippen LogP contribution in [0.1, 0.15) is 5.69 Å². The molecule has 3 heteroatoms. The molecule has 0 saturated heterocycles. The summed E-state index contributed by atoms with van der Waals surface area (Å²) in [6.07, 6.45) is 7.15. The predicted octanol–water partition coefficient (Wildman–Crippen LogP) is 2.90. The van der Waals surface area contributed by atoms with Crippen molar-refractivity contribution in [2.45, 2.75) is 0 Å². The lowest BCUT2D eigenvalue weighted by Crippen LogP contribution is -1.61. The largest absolute Gasteiger partial charge is 0.362 e. The van der Waals surface area contributed by atoms with Crippen LogP contribution in [0.15, 0.2) is 55.5 Å². The first-order valence-electron chi connectivity index (χ1n) is 4.04. The maximum atomic E-state index is 3.78. The molecule has 0 radical (unpaired) electrons. The maximum Gasteiger partial charge on any atom is 0.0374 e. The van der Waals surface area contributed by atoms with Crippen LogP contribution in [0.5, 0.6) is 0 Å². The third-order valence-corrected chi connectivity index (χ3v) is 1.41. The summed E-state index contributed by atoms with van der Waals surface area (Å²) in [5, 5.41) is 0. The Bertz CT molecular complexity index is 287. The highest BCUT2D eigenvalue weighted by molar-refractivity contribution is 5.40. The molecule has 0 aliphatic heterocycles. The highest BCUT2D eigenvalue weighted by Gasteiger charge is 1.76. The molecule has 0 aliphatic rings. The van der Waals surface area contributed by atoms with Gasteiger partial charge >= 0.3 is 0 Å². The minimum atomic E-state index is 0. The zero-order valence-electron chi connectivity index (χ0n) is 8.06. The number of hydrogen-bond acceptors (Lipinski definition) is 2. The lowest BCUT2D eigenvalue weighted by molar-refractivity contribution is 1.33. The standard InChI is InChI=1S/C6H7N.C5H5N.H3N/c1-2-6-4-3-5-7-6;1-2-4-6-5-3-1;/h2-5,7H,1H2;1-5H;1H3. The van der Waals surface area contributed by atoms with E-state index in [0.29, 0.717) is 0 Å². The third-order valence-electron chi connectivity index (χ3n) is 1.41. The average molecular weight is 189 g/mol. The Morgan fingerprint density at radius 3 is 2.07 bits per heavy atom. The van der Waals surface area contributed by atoms with Gasteiger partial charge in [-0.1, -0.05) is 12.6 Å². The molecule has 0 unspecified atom stereocenters. The zero-order chi connectivity index (χ0) is 9.36. The van der Waals surface area contributed by atoms with Gasteiger partial charge < -0.3 is 11.1 Å². The fourth-order valence-electron chi connectivity index (χ4n) is 0.784. The van der Waals surface area contributed by atoms with Gasteiger partial charge in [-0.25, -0.2) is 0 Å². The van der Waals surface area contributed by atoms with Gasteiger partial charge in [0, 0.05) is 24.3 Å². The van der Waals surface area contributed by atoms with E-state index in [1.54, 1.807) is 18.5 Å². The molecule has 0 atom stereocenters. The summed E-state index contributed by atoms with van der Waals surface area (Å²) in [4.78, 5) is 6.75. The lowest BCUT2D eigenvalue weighted by Gasteiger charge is -1.74. The van der Waals surface area contributed by atoms with Gasteiger partial charge in [-0.2, -0.15) is 0 Å². The summed E-state index contributed by atoms with van der Waals surface area (Å²) >= 11 is 0. The molecule has 0 spiro atoms. The molecule has 0 aliphatic carbocycles. The monoisotopic (exact) mass is 189 g/mol. The fraction of sp³-hybridized carbons (Fsp3) is 0. The van der Waals surface area contributed by atoms with Crippen LogP contribution in [-0.4, -0.2) is 9.97 Å². The summed E-state index contributed by atoms with van der Waals surface area (Å²) in [7, 11) is 0. The summed E-state index contributed by atoms with van der Waals surface area (Å²) in [5.74, 6) is 0. The Labute approximate surface area is 84.1 Å². The van der Waals surface area contributed by atoms with Crippen molar-refractivity contribution in [1.82, 2.24) is 16.1 Å². The molecule has 0 aromatic carbocycles. The Balaban J connectivity index is 0.000000227. The van der Waals surface area contributed by atoms with Crippen LogP contribution in [-0.2, 0) is 0 Å². The van der Waals surface area contributed by atoms with Crippen LogP contribution in [0.3, 0.4) is 0 Å². The van der Waals surface area contributed by atoms with Crippen LogP contribution in [0.2, 0.25) is 0 Å². The van der Waals surface area contributed by atoms with Crippen molar-refractivity contribution in [3.05, 3.63) is 61.2 Å². The third kappa shape index (κ3) is 4.90. The predicted molar refractivity (Wildman–Crippen MR) is 60.1 cm³/mol. The summed E-state index contributed by atoms with van der Waals surface area (Å²) in [5.41, 5.74) is 1.07. The van der Waals surface area contributed by atoms with Crippen molar-refractivity contribution < 1.29 is 0 Å². The molecule has 0 saturated carbocycles. The number of H-pyrrole nitrogens is 1. The van der Waals surface area contributed by atoms with Gasteiger partial charge in [0.2, 0.25) is 0 Å². The summed E-state index contributed by atoms with van der Waals surface area (Å²) in [6, 6.07) is 9.62. The van der Waals surface area contributed by atoms with Crippen LogP contribution in [0.4, 0.5) is 0 Å². The van der Waals surface area contributed by atoms with E-state index in [9.17, 15) is 0 Å². The van der Waals surface area contributed by atoms with Gasteiger partial charge in [0.05, 0.1) is 0 Å². The smallest absolute Gasteiger partial charge is 0.0374 e. The molecule has 0 fully saturated rings. The van der Waals surface area contributed by atoms with Crippen molar-refractivity contribution in [2.24, 2.45) is 0 Å². The quantitative estimate of drug-likeness (QED) is 0.724. The second-order valence-corrected chi connectivity index (χ2v) is 2.35. The minimum absolute atomic E-state index is 0. The Morgan fingerprint density at radius 2 is 1.86 bits per heavy atom. The van der Waals surface area contributed by atoms with E-state index in [1.165, 1.54) is 0 Å². The van der Waals surface area contributed by atoms with Crippen molar-refractivity contribution in [2.75, 3.05) is 0 Å². The van der Waals surface area contributed by atoms with Crippen LogP contribution in [0, 0.1) is 0 Å². The number of pyridine rings is 1. The first-order valence-corrected chi connectivity index (χ1v) is 4.04. The Kier molecular flexibility index (Phi) is 6.73. The molecule has 4 N–H and O–H groups in total. The Hall–Kier alpha value is -1.87. The fourth-order valence-corrected chi connectivity index (χ4v) is 0.784. The molecule has 2 rings (SSSR count). The van der Waals surface area contributed by atoms with Crippen LogP contribution < -0.4 is 6.15 Å². The number of nitrogens with one attached hydrogen (secondary N) is 1. The van der Waals surface area contributed by atoms with Gasteiger partial charge in [-0.15, -0.1) is 0 Å². The molecular formula is C11H15N3. The van der Waals surface area contributed by atoms with Crippen LogP contribution in [0.25, 0.3) is 6.08 Å². The average Bonchev–Trinajstić information content (AvgIpc) is 2.74. The van der Waals surface area contributed by atoms with Gasteiger partial charge in [-0.05, 0) is 30.3 Å². The highest BCUT2D eigenvalue weighted by atomic mass is 14.7. The van der Waals surface area contributed by atoms with Crippen molar-refractivity contribution in [1.29, 1.82) is 0 Å². The summed E-state index contributed by atoms with van der Waals surface area (Å²) in [6.45, 7) is 3.57. The minimum Gasteiger partial charge on any atom is -0.362 e. The molecule has 0 bridgehead atoms. The van der Waals surface area contributed by atoms with Crippen molar-refractivity contribution in [3.63, 3.8) is 0 Å². The van der Waals surface area contributed by atoms with Gasteiger partial charge in [-0.3, -0.25) is 4.98 Å². The van der Waals surface area contributed by atoms with Gasteiger partial charge in [0.1, 0.15) is 0 Å². The topological polar surface area (TPSA) is 63.7 Å². The molecule has 2 aromatic heterocycles. The molecule has 2 aromatic rings. The molecule has 0 amide bonds. The first kappa shape index (κ1) is 12.1. The number of hydrogen-bond donors (Lipinski definition) is 2. The van der Waals surface area contributed by atoms with Gasteiger partial charge in [0.15, 0.2) is 0 Å². The lowest BCUT2D eigenvalue weighted by atomic mass is 10.4. The van der Waals surface area contributed by atoms with E-state index < -0.39 is 0 Å². The van der Waals surface area contributed by atoms with E-state index in [0.717, 1.165) is 5.69 Å². The number of rotatable bonds is 1. The van der Waals surface area contributed by atoms with Crippen molar-refractivity contribution in [3.8, 4) is 0 Å². The summed E-state index contributed by atoms with van der Waals surface area (Å²) < 4.78 is 0.